The normalized spacial score (nSPS) is 15.7. The first-order valence-corrected chi connectivity index (χ1v) is 11.2. The largest absolute Gasteiger partial charge is 0.445 e. The molecule has 1 aliphatic rings. The van der Waals surface area contributed by atoms with Gasteiger partial charge in [-0.3, -0.25) is 4.90 Å². The van der Waals surface area contributed by atoms with Crippen LogP contribution in [0.15, 0.2) is 77.3 Å². The topological polar surface area (TPSA) is 45.3 Å². The number of H-pyrrole nitrogens is 1. The summed E-state index contributed by atoms with van der Waals surface area (Å²) in [6.45, 7) is 2.95. The Kier molecular flexibility index (Phi) is 5.28. The van der Waals surface area contributed by atoms with Crippen LogP contribution in [0.3, 0.4) is 0 Å². The Morgan fingerprint density at radius 1 is 1.10 bits per heavy atom. The Hall–Kier alpha value is -3.05. The smallest absolute Gasteiger partial charge is 0.410 e. The van der Waals surface area contributed by atoms with E-state index >= 15 is 0 Å². The predicted octanol–water partition coefficient (Wildman–Crippen LogP) is 6.52. The maximum atomic E-state index is 13.2. The lowest BCUT2D eigenvalue weighted by atomic mass is 9.92. The van der Waals surface area contributed by atoms with Gasteiger partial charge in [0.05, 0.1) is 0 Å². The SMILES string of the molecule is Cc1ccc(C2c3[nH]c4ccc(Br)cc4c3CCN2C(=O)OCc2ccccc2)cc1. The minimum atomic E-state index is -0.292. The van der Waals surface area contributed by atoms with Gasteiger partial charge in [0.1, 0.15) is 12.6 Å². The number of aromatic nitrogens is 1. The van der Waals surface area contributed by atoms with E-state index in [4.69, 9.17) is 4.74 Å². The van der Waals surface area contributed by atoms with E-state index in [0.717, 1.165) is 33.2 Å². The summed E-state index contributed by atoms with van der Waals surface area (Å²) >= 11 is 3.59. The van der Waals surface area contributed by atoms with Gasteiger partial charge in [0.15, 0.2) is 0 Å². The van der Waals surface area contributed by atoms with E-state index in [0.29, 0.717) is 6.54 Å². The van der Waals surface area contributed by atoms with Crippen LogP contribution in [0.1, 0.15) is 34.0 Å². The zero-order valence-corrected chi connectivity index (χ0v) is 18.9. The van der Waals surface area contributed by atoms with Crippen LogP contribution >= 0.6 is 15.9 Å². The zero-order chi connectivity index (χ0) is 21.4. The molecule has 0 bridgehead atoms. The first-order chi connectivity index (χ1) is 15.1. The van der Waals surface area contributed by atoms with E-state index in [9.17, 15) is 4.79 Å². The number of carbonyl (C=O) groups excluding carboxylic acids is 1. The number of nitrogens with one attached hydrogen (secondary N) is 1. The maximum Gasteiger partial charge on any atom is 0.410 e. The molecule has 5 heteroatoms. The number of carbonyl (C=O) groups is 1. The van der Waals surface area contributed by atoms with Crippen LogP contribution in [0.25, 0.3) is 10.9 Å². The van der Waals surface area contributed by atoms with Crippen molar-refractivity contribution in [3.63, 3.8) is 0 Å². The number of hydrogen-bond donors (Lipinski definition) is 1. The molecule has 0 saturated heterocycles. The van der Waals surface area contributed by atoms with E-state index in [-0.39, 0.29) is 18.7 Å². The predicted molar refractivity (Wildman–Crippen MR) is 126 cm³/mol. The van der Waals surface area contributed by atoms with Gasteiger partial charge in [-0.25, -0.2) is 4.79 Å². The lowest BCUT2D eigenvalue weighted by molar-refractivity contribution is 0.0832. The molecule has 4 nitrogen and oxygen atoms in total. The molecule has 0 spiro atoms. The fraction of sp³-hybridized carbons (Fsp3) is 0.192. The van der Waals surface area contributed by atoms with Crippen molar-refractivity contribution in [3.05, 3.63) is 105 Å². The summed E-state index contributed by atoms with van der Waals surface area (Å²) in [5.41, 5.74) is 6.68. The van der Waals surface area contributed by atoms with Gasteiger partial charge < -0.3 is 9.72 Å². The average Bonchev–Trinajstić information content (AvgIpc) is 3.16. The Bertz CT molecular complexity index is 1230. The number of aryl methyl sites for hydroxylation is 1. The molecule has 1 atom stereocenters. The number of halogens is 1. The third-order valence-corrected chi connectivity index (χ3v) is 6.41. The lowest BCUT2D eigenvalue weighted by Crippen LogP contribution is -2.40. The van der Waals surface area contributed by atoms with Crippen LogP contribution in [0, 0.1) is 6.92 Å². The van der Waals surface area contributed by atoms with Gasteiger partial charge in [0.2, 0.25) is 0 Å². The first-order valence-electron chi connectivity index (χ1n) is 10.4. The standard InChI is InChI=1S/C26H23BrN2O2/c1-17-7-9-19(10-8-17)25-24-21(22-15-20(27)11-12-23(22)28-24)13-14-29(25)26(30)31-16-18-5-3-2-4-6-18/h2-12,15,25,28H,13-14,16H2,1H3. The lowest BCUT2D eigenvalue weighted by Gasteiger charge is -2.35. The second-order valence-electron chi connectivity index (χ2n) is 8.00. The molecule has 1 amide bonds. The minimum Gasteiger partial charge on any atom is -0.445 e. The third-order valence-electron chi connectivity index (χ3n) is 5.92. The van der Waals surface area contributed by atoms with Gasteiger partial charge in [0, 0.05) is 27.6 Å². The first kappa shape index (κ1) is 19.9. The second-order valence-corrected chi connectivity index (χ2v) is 8.92. The van der Waals surface area contributed by atoms with Crippen LogP contribution in [0.4, 0.5) is 4.79 Å². The fourth-order valence-electron chi connectivity index (χ4n) is 4.35. The zero-order valence-electron chi connectivity index (χ0n) is 17.3. The molecule has 156 valence electrons. The molecule has 0 fully saturated rings. The molecule has 1 unspecified atom stereocenters. The maximum absolute atomic E-state index is 13.2. The number of benzene rings is 3. The summed E-state index contributed by atoms with van der Waals surface area (Å²) in [5.74, 6) is 0. The van der Waals surface area contributed by atoms with Crippen LogP contribution in [0.5, 0.6) is 0 Å². The third kappa shape index (κ3) is 3.86. The Morgan fingerprint density at radius 2 is 1.87 bits per heavy atom. The van der Waals surface area contributed by atoms with E-state index < -0.39 is 0 Å². The molecule has 1 N–H and O–H groups in total. The molecule has 4 aromatic rings. The van der Waals surface area contributed by atoms with Crippen LogP contribution in [0.2, 0.25) is 0 Å². The molecule has 3 aromatic carbocycles. The summed E-state index contributed by atoms with van der Waals surface area (Å²) in [5, 5.41) is 1.21. The summed E-state index contributed by atoms with van der Waals surface area (Å²) in [6.07, 6.45) is 0.495. The number of ether oxygens (including phenoxy) is 1. The highest BCUT2D eigenvalue weighted by Gasteiger charge is 2.35. The van der Waals surface area contributed by atoms with Gasteiger partial charge in [0.25, 0.3) is 0 Å². The van der Waals surface area contributed by atoms with Gasteiger partial charge >= 0.3 is 6.09 Å². The van der Waals surface area contributed by atoms with Crippen molar-refractivity contribution in [1.82, 2.24) is 9.88 Å². The number of nitrogens with zero attached hydrogens (tertiary/aromatic N) is 1. The average molecular weight is 475 g/mol. The van der Waals surface area contributed by atoms with E-state index in [1.54, 1.807) is 0 Å². The van der Waals surface area contributed by atoms with Gasteiger partial charge in [-0.15, -0.1) is 0 Å². The van der Waals surface area contributed by atoms with Crippen molar-refractivity contribution >= 4 is 32.9 Å². The molecular weight excluding hydrogens is 452 g/mol. The summed E-state index contributed by atoms with van der Waals surface area (Å²) < 4.78 is 6.77. The van der Waals surface area contributed by atoms with Gasteiger partial charge in [-0.2, -0.15) is 0 Å². The van der Waals surface area contributed by atoms with Crippen molar-refractivity contribution in [2.24, 2.45) is 0 Å². The fourth-order valence-corrected chi connectivity index (χ4v) is 4.72. The number of aromatic amines is 1. The number of amides is 1. The summed E-state index contributed by atoms with van der Waals surface area (Å²) in [7, 11) is 0. The van der Waals surface area contributed by atoms with Crippen molar-refractivity contribution in [2.75, 3.05) is 6.54 Å². The number of fused-ring (bicyclic) bond motifs is 3. The summed E-state index contributed by atoms with van der Waals surface area (Å²) in [6, 6.07) is 24.3. The van der Waals surface area contributed by atoms with Crippen molar-refractivity contribution in [1.29, 1.82) is 0 Å². The van der Waals surface area contributed by atoms with Crippen LogP contribution in [-0.4, -0.2) is 22.5 Å². The van der Waals surface area contributed by atoms with Crippen molar-refractivity contribution < 1.29 is 9.53 Å². The van der Waals surface area contributed by atoms with E-state index in [1.165, 1.54) is 16.5 Å². The van der Waals surface area contributed by atoms with E-state index in [1.807, 2.05) is 41.3 Å². The molecule has 0 aliphatic carbocycles. The number of rotatable bonds is 3. The Balaban J connectivity index is 1.52. The monoisotopic (exact) mass is 474 g/mol. The van der Waals surface area contributed by atoms with E-state index in [2.05, 4.69) is 64.2 Å². The molecule has 0 saturated carbocycles. The molecule has 2 heterocycles. The molecule has 31 heavy (non-hydrogen) atoms. The van der Waals surface area contributed by atoms with Crippen molar-refractivity contribution in [2.45, 2.75) is 26.0 Å². The highest BCUT2D eigenvalue weighted by molar-refractivity contribution is 9.10. The minimum absolute atomic E-state index is 0.209. The Morgan fingerprint density at radius 3 is 2.65 bits per heavy atom. The van der Waals surface area contributed by atoms with Gasteiger partial charge in [-0.05, 0) is 48.2 Å². The van der Waals surface area contributed by atoms with Gasteiger partial charge in [-0.1, -0.05) is 76.1 Å². The van der Waals surface area contributed by atoms with Crippen molar-refractivity contribution in [3.8, 4) is 0 Å². The molecule has 0 radical (unpaired) electrons. The van der Waals surface area contributed by atoms with Crippen LogP contribution < -0.4 is 0 Å². The molecular formula is C26H23BrN2O2. The molecule has 1 aliphatic heterocycles. The Labute approximate surface area is 190 Å². The summed E-state index contributed by atoms with van der Waals surface area (Å²) in [4.78, 5) is 18.6. The molecule has 1 aromatic heterocycles. The van der Waals surface area contributed by atoms with Crippen LogP contribution in [-0.2, 0) is 17.8 Å². The number of hydrogen-bond acceptors (Lipinski definition) is 2. The second kappa shape index (κ2) is 8.23. The molecule has 5 rings (SSSR count). The highest BCUT2D eigenvalue weighted by atomic mass is 79.9. The highest BCUT2D eigenvalue weighted by Crippen LogP contribution is 2.39. The quantitative estimate of drug-likeness (QED) is 0.367.